The number of benzene rings is 3. The zero-order valence-electron chi connectivity index (χ0n) is 16.5. The number of fused-ring (bicyclic) bond motifs is 1. The van der Waals surface area contributed by atoms with Crippen LogP contribution >= 0.6 is 0 Å². The van der Waals surface area contributed by atoms with Gasteiger partial charge in [-0.25, -0.2) is 0 Å². The second-order valence-corrected chi connectivity index (χ2v) is 6.88. The van der Waals surface area contributed by atoms with E-state index in [4.69, 9.17) is 13.9 Å². The molecular formula is C25H22O4. The van der Waals surface area contributed by atoms with Gasteiger partial charge < -0.3 is 13.9 Å². The monoisotopic (exact) mass is 386 g/mol. The van der Waals surface area contributed by atoms with Gasteiger partial charge in [-0.15, -0.1) is 0 Å². The third-order valence-electron chi connectivity index (χ3n) is 5.02. The maximum Gasteiger partial charge on any atom is 0.196 e. The van der Waals surface area contributed by atoms with Crippen molar-refractivity contribution in [1.29, 1.82) is 0 Å². The highest BCUT2D eigenvalue weighted by molar-refractivity contribution is 5.79. The number of hydrogen-bond acceptors (Lipinski definition) is 4. The van der Waals surface area contributed by atoms with Gasteiger partial charge in [0.25, 0.3) is 0 Å². The molecule has 0 saturated heterocycles. The normalized spacial score (nSPS) is 10.8. The molecule has 0 saturated carbocycles. The third-order valence-corrected chi connectivity index (χ3v) is 5.02. The summed E-state index contributed by atoms with van der Waals surface area (Å²) < 4.78 is 16.8. The molecule has 1 heterocycles. The predicted octanol–water partition coefficient (Wildman–Crippen LogP) is 4.99. The van der Waals surface area contributed by atoms with Crippen LogP contribution < -0.4 is 14.9 Å². The standard InChI is InChI=1S/C25H22O4/c1-27-19-10-8-18(9-11-19)15-23-22(14-17-6-4-3-5-7-17)25(26)21-13-12-20(28-2)16-24(21)29-23/h3-13,16H,14-15H2,1-2H3. The molecule has 3 aromatic carbocycles. The molecule has 0 aliphatic heterocycles. The van der Waals surface area contributed by atoms with E-state index in [1.54, 1.807) is 32.4 Å². The van der Waals surface area contributed by atoms with Gasteiger partial charge >= 0.3 is 0 Å². The molecule has 4 heteroatoms. The van der Waals surface area contributed by atoms with Crippen LogP contribution in [0.4, 0.5) is 0 Å². The molecule has 0 atom stereocenters. The van der Waals surface area contributed by atoms with Gasteiger partial charge in [0.2, 0.25) is 0 Å². The van der Waals surface area contributed by atoms with E-state index in [0.29, 0.717) is 40.9 Å². The summed E-state index contributed by atoms with van der Waals surface area (Å²) >= 11 is 0. The van der Waals surface area contributed by atoms with E-state index >= 15 is 0 Å². The number of ether oxygens (including phenoxy) is 2. The quantitative estimate of drug-likeness (QED) is 0.468. The molecule has 0 unspecified atom stereocenters. The number of methoxy groups -OCH3 is 2. The molecule has 0 radical (unpaired) electrons. The fourth-order valence-corrected chi connectivity index (χ4v) is 3.44. The van der Waals surface area contributed by atoms with Crippen molar-refractivity contribution in [3.63, 3.8) is 0 Å². The van der Waals surface area contributed by atoms with Crippen molar-refractivity contribution in [2.24, 2.45) is 0 Å². The summed E-state index contributed by atoms with van der Waals surface area (Å²) in [6, 6.07) is 23.1. The molecule has 0 spiro atoms. The molecule has 4 nitrogen and oxygen atoms in total. The van der Waals surface area contributed by atoms with Crippen LogP contribution in [0, 0.1) is 0 Å². The van der Waals surface area contributed by atoms with Crippen molar-refractivity contribution in [2.75, 3.05) is 14.2 Å². The van der Waals surface area contributed by atoms with Gasteiger partial charge in [-0.2, -0.15) is 0 Å². The Morgan fingerprint density at radius 1 is 0.759 bits per heavy atom. The Labute approximate surface area is 169 Å². The van der Waals surface area contributed by atoms with E-state index in [2.05, 4.69) is 0 Å². The van der Waals surface area contributed by atoms with Crippen LogP contribution in [-0.2, 0) is 12.8 Å². The molecule has 4 rings (SSSR count). The molecule has 29 heavy (non-hydrogen) atoms. The van der Waals surface area contributed by atoms with Crippen molar-refractivity contribution in [3.05, 3.63) is 105 Å². The Bertz CT molecular complexity index is 1180. The van der Waals surface area contributed by atoms with Crippen LogP contribution in [0.1, 0.15) is 22.5 Å². The van der Waals surface area contributed by atoms with Crippen LogP contribution in [0.5, 0.6) is 11.5 Å². The topological polar surface area (TPSA) is 48.7 Å². The summed E-state index contributed by atoms with van der Waals surface area (Å²) in [5.41, 5.74) is 3.34. The molecule has 0 fully saturated rings. The molecular weight excluding hydrogens is 364 g/mol. The summed E-state index contributed by atoms with van der Waals surface area (Å²) in [5.74, 6) is 2.12. The number of hydrogen-bond donors (Lipinski definition) is 0. The predicted molar refractivity (Wildman–Crippen MR) is 114 cm³/mol. The maximum atomic E-state index is 13.3. The Morgan fingerprint density at radius 3 is 2.10 bits per heavy atom. The Balaban J connectivity index is 1.83. The minimum Gasteiger partial charge on any atom is -0.497 e. The Morgan fingerprint density at radius 2 is 1.41 bits per heavy atom. The lowest BCUT2D eigenvalue weighted by Crippen LogP contribution is -2.14. The average molecular weight is 386 g/mol. The second kappa shape index (κ2) is 8.23. The van der Waals surface area contributed by atoms with Crippen molar-refractivity contribution in [3.8, 4) is 11.5 Å². The van der Waals surface area contributed by atoms with E-state index in [1.165, 1.54) is 0 Å². The molecule has 146 valence electrons. The minimum absolute atomic E-state index is 0.00117. The van der Waals surface area contributed by atoms with Gasteiger partial charge in [0.15, 0.2) is 5.43 Å². The fraction of sp³-hybridized carbons (Fsp3) is 0.160. The number of rotatable bonds is 6. The largest absolute Gasteiger partial charge is 0.497 e. The van der Waals surface area contributed by atoms with Crippen molar-refractivity contribution < 1.29 is 13.9 Å². The summed E-state index contributed by atoms with van der Waals surface area (Å²) in [5, 5.41) is 0.565. The van der Waals surface area contributed by atoms with E-state index in [-0.39, 0.29) is 5.43 Å². The first kappa shape index (κ1) is 18.8. The van der Waals surface area contributed by atoms with Crippen LogP contribution in [0.2, 0.25) is 0 Å². The molecule has 0 N–H and O–H groups in total. The lowest BCUT2D eigenvalue weighted by atomic mass is 9.98. The summed E-state index contributed by atoms with van der Waals surface area (Å²) in [6.07, 6.45) is 1.05. The lowest BCUT2D eigenvalue weighted by molar-refractivity contribution is 0.413. The first-order valence-corrected chi connectivity index (χ1v) is 9.47. The summed E-state index contributed by atoms with van der Waals surface area (Å²) in [7, 11) is 3.24. The van der Waals surface area contributed by atoms with E-state index in [1.807, 2.05) is 54.6 Å². The minimum atomic E-state index is 0.00117. The smallest absolute Gasteiger partial charge is 0.196 e. The van der Waals surface area contributed by atoms with E-state index in [9.17, 15) is 4.79 Å². The lowest BCUT2D eigenvalue weighted by Gasteiger charge is -2.12. The summed E-state index contributed by atoms with van der Waals surface area (Å²) in [6.45, 7) is 0. The first-order chi connectivity index (χ1) is 14.2. The highest BCUT2D eigenvalue weighted by Crippen LogP contribution is 2.25. The SMILES string of the molecule is COc1ccc(Cc2oc3cc(OC)ccc3c(=O)c2Cc2ccccc2)cc1. The van der Waals surface area contributed by atoms with Crippen molar-refractivity contribution in [1.82, 2.24) is 0 Å². The Hall–Kier alpha value is -3.53. The van der Waals surface area contributed by atoms with Crippen LogP contribution in [0.25, 0.3) is 11.0 Å². The van der Waals surface area contributed by atoms with Gasteiger partial charge in [-0.05, 0) is 35.4 Å². The highest BCUT2D eigenvalue weighted by Gasteiger charge is 2.16. The van der Waals surface area contributed by atoms with Gasteiger partial charge in [0.05, 0.1) is 19.6 Å². The molecule has 0 amide bonds. The van der Waals surface area contributed by atoms with Crippen LogP contribution in [-0.4, -0.2) is 14.2 Å². The summed E-state index contributed by atoms with van der Waals surface area (Å²) in [4.78, 5) is 13.3. The zero-order valence-corrected chi connectivity index (χ0v) is 16.5. The van der Waals surface area contributed by atoms with Gasteiger partial charge in [-0.3, -0.25) is 4.79 Å². The zero-order chi connectivity index (χ0) is 20.2. The van der Waals surface area contributed by atoms with Crippen molar-refractivity contribution in [2.45, 2.75) is 12.8 Å². The van der Waals surface area contributed by atoms with Crippen molar-refractivity contribution >= 4 is 11.0 Å². The fourth-order valence-electron chi connectivity index (χ4n) is 3.44. The molecule has 1 aromatic heterocycles. The molecule has 4 aromatic rings. The van der Waals surface area contributed by atoms with E-state index in [0.717, 1.165) is 16.9 Å². The maximum absolute atomic E-state index is 13.3. The molecule has 0 aliphatic carbocycles. The van der Waals surface area contributed by atoms with Crippen LogP contribution in [0.15, 0.2) is 82.0 Å². The van der Waals surface area contributed by atoms with Gasteiger partial charge in [0.1, 0.15) is 22.8 Å². The molecule has 0 aliphatic rings. The first-order valence-electron chi connectivity index (χ1n) is 9.47. The van der Waals surface area contributed by atoms with Gasteiger partial charge in [-0.1, -0.05) is 42.5 Å². The van der Waals surface area contributed by atoms with Gasteiger partial charge in [0, 0.05) is 24.5 Å². The Kier molecular flexibility index (Phi) is 5.34. The van der Waals surface area contributed by atoms with E-state index < -0.39 is 0 Å². The third kappa shape index (κ3) is 4.02. The molecule has 0 bridgehead atoms. The van der Waals surface area contributed by atoms with Crippen LogP contribution in [0.3, 0.4) is 0 Å². The second-order valence-electron chi connectivity index (χ2n) is 6.88. The highest BCUT2D eigenvalue weighted by atomic mass is 16.5. The average Bonchev–Trinajstić information content (AvgIpc) is 2.77.